The van der Waals surface area contributed by atoms with Crippen molar-refractivity contribution in [3.8, 4) is 0 Å². The summed E-state index contributed by atoms with van der Waals surface area (Å²) in [4.78, 5) is 16.3. The van der Waals surface area contributed by atoms with E-state index in [1.165, 1.54) is 11.3 Å². The van der Waals surface area contributed by atoms with E-state index in [-0.39, 0.29) is 12.5 Å². The number of fused-ring (bicyclic) bond motifs is 1. The molecule has 2 rings (SSSR count). The lowest BCUT2D eigenvalue weighted by atomic mass is 10.2. The van der Waals surface area contributed by atoms with Crippen LogP contribution in [0.25, 0.3) is 10.1 Å². The maximum atomic E-state index is 11.8. The molecule has 0 aliphatic carbocycles. The summed E-state index contributed by atoms with van der Waals surface area (Å²) in [6, 6.07) is 1.80. The highest BCUT2D eigenvalue weighted by Crippen LogP contribution is 2.32. The fraction of sp³-hybridized carbons (Fsp3) is 0.273. The van der Waals surface area contributed by atoms with Crippen LogP contribution < -0.4 is 11.1 Å². The summed E-state index contributed by atoms with van der Waals surface area (Å²) < 4.78 is 0.900. The van der Waals surface area contributed by atoms with E-state index in [1.54, 1.807) is 18.5 Å². The second-order valence-electron chi connectivity index (χ2n) is 3.55. The highest BCUT2D eigenvalue weighted by Gasteiger charge is 2.15. The van der Waals surface area contributed by atoms with Crippen LogP contribution in [0.1, 0.15) is 16.1 Å². The summed E-state index contributed by atoms with van der Waals surface area (Å²) in [5.74, 6) is -0.197. The molecule has 0 saturated carbocycles. The van der Waals surface area contributed by atoms with Crippen LogP contribution in [0, 0.1) is 0 Å². The third kappa shape index (κ3) is 2.37. The molecule has 1 amide bonds. The van der Waals surface area contributed by atoms with Crippen LogP contribution >= 0.6 is 11.3 Å². The topological polar surface area (TPSA) is 88.2 Å². The Morgan fingerprint density at radius 3 is 3.12 bits per heavy atom. The van der Waals surface area contributed by atoms with E-state index in [9.17, 15) is 4.79 Å². The smallest absolute Gasteiger partial charge is 0.263 e. The van der Waals surface area contributed by atoms with Gasteiger partial charge in [0, 0.05) is 30.9 Å². The van der Waals surface area contributed by atoms with Crippen LogP contribution in [0.2, 0.25) is 0 Å². The van der Waals surface area contributed by atoms with Crippen LogP contribution in [0.4, 0.5) is 5.69 Å². The molecule has 2 heterocycles. The van der Waals surface area contributed by atoms with Crippen LogP contribution in [0.5, 0.6) is 0 Å². The summed E-state index contributed by atoms with van der Waals surface area (Å²) in [6.45, 7) is 0.507. The lowest BCUT2D eigenvalue weighted by Gasteiger charge is -2.02. The summed E-state index contributed by atoms with van der Waals surface area (Å²) in [6.07, 6.45) is 3.89. The standard InChI is InChI=1S/C11H13N3O2S/c12-9-7-2-4-13-6-8(7)17-10(9)11(16)14-3-1-5-15/h2,4,6,15H,1,3,5,12H2,(H,14,16). The Bertz CT molecular complexity index is 538. The first-order chi connectivity index (χ1) is 8.24. The van der Waals surface area contributed by atoms with Gasteiger partial charge in [0.05, 0.1) is 10.4 Å². The first-order valence-corrected chi connectivity index (χ1v) is 6.06. The highest BCUT2D eigenvalue weighted by atomic mass is 32.1. The lowest BCUT2D eigenvalue weighted by Crippen LogP contribution is -2.24. The first-order valence-electron chi connectivity index (χ1n) is 5.25. The van der Waals surface area contributed by atoms with Gasteiger partial charge in [-0.15, -0.1) is 11.3 Å². The number of carbonyl (C=O) groups is 1. The maximum absolute atomic E-state index is 11.8. The number of amides is 1. The van der Waals surface area contributed by atoms with Crippen molar-refractivity contribution in [2.75, 3.05) is 18.9 Å². The minimum absolute atomic E-state index is 0.0616. The summed E-state index contributed by atoms with van der Waals surface area (Å²) >= 11 is 1.33. The Morgan fingerprint density at radius 1 is 1.59 bits per heavy atom. The summed E-state index contributed by atoms with van der Waals surface area (Å²) in [5.41, 5.74) is 6.41. The normalized spacial score (nSPS) is 10.6. The van der Waals surface area contributed by atoms with Crippen molar-refractivity contribution in [3.63, 3.8) is 0 Å². The average molecular weight is 251 g/mol. The number of nitrogens with zero attached hydrogens (tertiary/aromatic N) is 1. The number of nitrogen functional groups attached to an aromatic ring is 1. The molecule has 0 aromatic carbocycles. The van der Waals surface area contributed by atoms with E-state index in [1.807, 2.05) is 0 Å². The molecule has 2 aromatic rings. The van der Waals surface area contributed by atoms with Crippen LogP contribution in [0.15, 0.2) is 18.5 Å². The fourth-order valence-corrected chi connectivity index (χ4v) is 2.51. The monoisotopic (exact) mass is 251 g/mol. The van der Waals surface area contributed by atoms with Crippen molar-refractivity contribution in [2.24, 2.45) is 0 Å². The van der Waals surface area contributed by atoms with Gasteiger partial charge in [0.1, 0.15) is 4.88 Å². The number of aliphatic hydroxyl groups excluding tert-OH is 1. The van der Waals surface area contributed by atoms with Crippen molar-refractivity contribution in [1.82, 2.24) is 10.3 Å². The van der Waals surface area contributed by atoms with Crippen molar-refractivity contribution in [3.05, 3.63) is 23.3 Å². The molecule has 6 heteroatoms. The van der Waals surface area contributed by atoms with Crippen molar-refractivity contribution >= 4 is 33.0 Å². The van der Waals surface area contributed by atoms with Gasteiger partial charge in [-0.1, -0.05) is 0 Å². The van der Waals surface area contributed by atoms with Crippen LogP contribution in [-0.4, -0.2) is 29.1 Å². The number of pyridine rings is 1. The van der Waals surface area contributed by atoms with Crippen molar-refractivity contribution in [1.29, 1.82) is 0 Å². The van der Waals surface area contributed by atoms with Gasteiger partial charge in [-0.3, -0.25) is 9.78 Å². The zero-order chi connectivity index (χ0) is 12.3. The van der Waals surface area contributed by atoms with Crippen LogP contribution in [0.3, 0.4) is 0 Å². The third-order valence-corrected chi connectivity index (χ3v) is 3.51. The number of aliphatic hydroxyl groups is 1. The van der Waals surface area contributed by atoms with Gasteiger partial charge in [0.25, 0.3) is 5.91 Å². The molecular weight excluding hydrogens is 238 g/mol. The second kappa shape index (κ2) is 5.11. The van der Waals surface area contributed by atoms with Gasteiger partial charge in [0.2, 0.25) is 0 Å². The van der Waals surface area contributed by atoms with E-state index < -0.39 is 0 Å². The predicted molar refractivity (Wildman–Crippen MR) is 68.1 cm³/mol. The Balaban J connectivity index is 2.23. The van der Waals surface area contributed by atoms with Gasteiger partial charge in [-0.25, -0.2) is 0 Å². The minimum Gasteiger partial charge on any atom is -0.397 e. The zero-order valence-electron chi connectivity index (χ0n) is 9.14. The summed E-state index contributed by atoms with van der Waals surface area (Å²) in [5, 5.41) is 12.2. The zero-order valence-corrected chi connectivity index (χ0v) is 9.96. The molecule has 0 aliphatic heterocycles. The molecule has 2 aromatic heterocycles. The van der Waals surface area contributed by atoms with Gasteiger partial charge < -0.3 is 16.2 Å². The number of hydrogen-bond donors (Lipinski definition) is 3. The Kier molecular flexibility index (Phi) is 3.55. The molecule has 0 unspecified atom stereocenters. The van der Waals surface area contributed by atoms with E-state index in [4.69, 9.17) is 10.8 Å². The molecule has 0 bridgehead atoms. The quantitative estimate of drug-likeness (QED) is 0.707. The molecule has 90 valence electrons. The van der Waals surface area contributed by atoms with E-state index in [0.717, 1.165) is 10.1 Å². The number of aromatic nitrogens is 1. The Labute approximate surface area is 102 Å². The second-order valence-corrected chi connectivity index (χ2v) is 4.60. The number of nitrogens with two attached hydrogens (primary N) is 1. The van der Waals surface area contributed by atoms with Crippen LogP contribution in [-0.2, 0) is 0 Å². The van der Waals surface area contributed by atoms with Gasteiger partial charge in [0.15, 0.2) is 0 Å². The minimum atomic E-state index is -0.197. The predicted octanol–water partition coefficient (Wildman–Crippen LogP) is 0.991. The number of anilines is 1. The largest absolute Gasteiger partial charge is 0.397 e. The van der Waals surface area contributed by atoms with Crippen molar-refractivity contribution in [2.45, 2.75) is 6.42 Å². The summed E-state index contributed by atoms with van der Waals surface area (Å²) in [7, 11) is 0. The molecule has 0 saturated heterocycles. The fourth-order valence-electron chi connectivity index (χ4n) is 1.50. The molecule has 5 nitrogen and oxygen atoms in total. The van der Waals surface area contributed by atoms with Gasteiger partial charge in [-0.2, -0.15) is 0 Å². The highest BCUT2D eigenvalue weighted by molar-refractivity contribution is 7.21. The van der Waals surface area contributed by atoms with E-state index in [2.05, 4.69) is 10.3 Å². The molecule has 0 fully saturated rings. The Morgan fingerprint density at radius 2 is 2.41 bits per heavy atom. The number of thiophene rings is 1. The molecule has 0 radical (unpaired) electrons. The van der Waals surface area contributed by atoms with E-state index in [0.29, 0.717) is 23.5 Å². The third-order valence-electron chi connectivity index (χ3n) is 2.36. The average Bonchev–Trinajstić information content (AvgIpc) is 2.68. The molecular formula is C11H13N3O2S. The van der Waals surface area contributed by atoms with E-state index >= 15 is 0 Å². The number of nitrogens with one attached hydrogen (secondary N) is 1. The SMILES string of the molecule is Nc1c(C(=O)NCCCO)sc2cnccc12. The Hall–Kier alpha value is -1.66. The number of hydrogen-bond acceptors (Lipinski definition) is 5. The molecule has 4 N–H and O–H groups in total. The molecule has 0 spiro atoms. The maximum Gasteiger partial charge on any atom is 0.263 e. The first kappa shape index (κ1) is 11.8. The molecule has 17 heavy (non-hydrogen) atoms. The lowest BCUT2D eigenvalue weighted by molar-refractivity contribution is 0.0956. The number of carbonyl (C=O) groups excluding carboxylic acids is 1. The van der Waals surface area contributed by atoms with Gasteiger partial charge in [-0.05, 0) is 12.5 Å². The number of rotatable bonds is 4. The molecule has 0 aliphatic rings. The molecule has 0 atom stereocenters. The van der Waals surface area contributed by atoms with Crippen molar-refractivity contribution < 1.29 is 9.90 Å². The van der Waals surface area contributed by atoms with Gasteiger partial charge >= 0.3 is 0 Å².